The number of fused-ring (bicyclic) bond motifs is 1. The molecule has 0 bridgehead atoms. The molecule has 4 N–H and O–H groups in total. The smallest absolute Gasteiger partial charge is 0.253 e. The number of amides is 1. The number of carbonyl (C=O) groups is 2. The van der Waals surface area contributed by atoms with Crippen molar-refractivity contribution in [3.63, 3.8) is 0 Å². The molecule has 1 aromatic carbocycles. The minimum absolute atomic E-state index is 0.00149. The third-order valence-corrected chi connectivity index (χ3v) is 4.36. The van der Waals surface area contributed by atoms with Gasteiger partial charge >= 0.3 is 0 Å². The summed E-state index contributed by atoms with van der Waals surface area (Å²) in [6.07, 6.45) is 1.70. The monoisotopic (exact) mass is 335 g/mol. The van der Waals surface area contributed by atoms with Crippen LogP contribution in [0.25, 0.3) is 5.52 Å². The molecule has 25 heavy (non-hydrogen) atoms. The van der Waals surface area contributed by atoms with Crippen molar-refractivity contribution in [1.29, 1.82) is 0 Å². The minimum atomic E-state index is -0.650. The Morgan fingerprint density at radius 3 is 2.20 bits per heavy atom. The number of rotatable bonds is 3. The molecule has 2 heterocycles. The Morgan fingerprint density at radius 1 is 1.00 bits per heavy atom. The molecule has 0 aliphatic carbocycles. The van der Waals surface area contributed by atoms with Gasteiger partial charge in [0.1, 0.15) is 5.69 Å². The van der Waals surface area contributed by atoms with Crippen LogP contribution < -0.4 is 11.5 Å². The third-order valence-electron chi connectivity index (χ3n) is 4.36. The topological polar surface area (TPSA) is 90.6 Å². The van der Waals surface area contributed by atoms with Crippen LogP contribution in [0.15, 0.2) is 48.7 Å². The van der Waals surface area contributed by atoms with E-state index in [1.165, 1.54) is 0 Å². The molecule has 0 spiro atoms. The summed E-state index contributed by atoms with van der Waals surface area (Å²) in [5.74, 6) is -0.894. The first-order chi connectivity index (χ1) is 11.7. The SMILES string of the molecule is CC(C)(C)c1ccc(C(=O)c2c(N)c(C(N)=O)c3ccccn23)cc1. The quantitative estimate of drug-likeness (QED) is 0.720. The lowest BCUT2D eigenvalue weighted by molar-refractivity contribution is 0.100. The van der Waals surface area contributed by atoms with Crippen LogP contribution >= 0.6 is 0 Å². The van der Waals surface area contributed by atoms with Crippen LogP contribution in [0.3, 0.4) is 0 Å². The Labute approximate surface area is 146 Å². The van der Waals surface area contributed by atoms with Crippen LogP contribution in [0, 0.1) is 0 Å². The van der Waals surface area contributed by atoms with Gasteiger partial charge in [0.15, 0.2) is 0 Å². The number of nitrogens with zero attached hydrogens (tertiary/aromatic N) is 1. The van der Waals surface area contributed by atoms with Gasteiger partial charge in [0.2, 0.25) is 5.78 Å². The van der Waals surface area contributed by atoms with E-state index in [0.29, 0.717) is 11.1 Å². The van der Waals surface area contributed by atoms with Crippen molar-refractivity contribution in [2.75, 3.05) is 5.73 Å². The van der Waals surface area contributed by atoms with E-state index in [-0.39, 0.29) is 28.1 Å². The number of primary amides is 1. The average Bonchev–Trinajstić information content (AvgIpc) is 2.85. The molecule has 3 aromatic rings. The van der Waals surface area contributed by atoms with Crippen molar-refractivity contribution in [2.24, 2.45) is 5.73 Å². The molecular weight excluding hydrogens is 314 g/mol. The highest BCUT2D eigenvalue weighted by atomic mass is 16.1. The Balaban J connectivity index is 2.15. The van der Waals surface area contributed by atoms with Gasteiger partial charge in [-0.25, -0.2) is 0 Å². The number of aromatic nitrogens is 1. The maximum Gasteiger partial charge on any atom is 0.253 e. The summed E-state index contributed by atoms with van der Waals surface area (Å²) in [6, 6.07) is 12.7. The molecule has 0 atom stereocenters. The minimum Gasteiger partial charge on any atom is -0.396 e. The first-order valence-corrected chi connectivity index (χ1v) is 8.05. The summed E-state index contributed by atoms with van der Waals surface area (Å²) in [5.41, 5.74) is 14.3. The van der Waals surface area contributed by atoms with E-state index in [4.69, 9.17) is 11.5 Å². The normalized spacial score (nSPS) is 11.6. The van der Waals surface area contributed by atoms with E-state index in [2.05, 4.69) is 20.8 Å². The second kappa shape index (κ2) is 5.77. The number of nitrogen functional groups attached to an aromatic ring is 1. The number of carbonyl (C=O) groups excluding carboxylic acids is 2. The molecule has 0 unspecified atom stereocenters. The van der Waals surface area contributed by atoms with Crippen molar-refractivity contribution in [2.45, 2.75) is 26.2 Å². The van der Waals surface area contributed by atoms with Gasteiger partial charge in [-0.15, -0.1) is 0 Å². The summed E-state index contributed by atoms with van der Waals surface area (Å²) >= 11 is 0. The highest BCUT2D eigenvalue weighted by molar-refractivity contribution is 6.17. The number of hydrogen-bond donors (Lipinski definition) is 2. The van der Waals surface area contributed by atoms with E-state index in [9.17, 15) is 9.59 Å². The number of anilines is 1. The summed E-state index contributed by atoms with van der Waals surface area (Å²) in [6.45, 7) is 6.34. The molecular formula is C20H21N3O2. The second-order valence-corrected chi connectivity index (χ2v) is 7.11. The van der Waals surface area contributed by atoms with E-state index in [0.717, 1.165) is 5.56 Å². The molecule has 0 fully saturated rings. The molecule has 0 saturated carbocycles. The molecule has 5 heteroatoms. The summed E-state index contributed by atoms with van der Waals surface area (Å²) < 4.78 is 1.62. The Kier molecular flexibility index (Phi) is 3.87. The number of benzene rings is 1. The van der Waals surface area contributed by atoms with Gasteiger partial charge in [-0.05, 0) is 23.1 Å². The molecule has 2 aromatic heterocycles. The van der Waals surface area contributed by atoms with Gasteiger partial charge in [0.25, 0.3) is 5.91 Å². The predicted molar refractivity (Wildman–Crippen MR) is 98.9 cm³/mol. The first kappa shape index (κ1) is 16.8. The lowest BCUT2D eigenvalue weighted by Gasteiger charge is -2.19. The number of hydrogen-bond acceptors (Lipinski definition) is 3. The van der Waals surface area contributed by atoms with Crippen LogP contribution in [0.1, 0.15) is 52.7 Å². The largest absolute Gasteiger partial charge is 0.396 e. The summed E-state index contributed by atoms with van der Waals surface area (Å²) in [7, 11) is 0. The van der Waals surface area contributed by atoms with Crippen LogP contribution in [0.4, 0.5) is 5.69 Å². The molecule has 5 nitrogen and oxygen atoms in total. The van der Waals surface area contributed by atoms with Crippen LogP contribution in [0.2, 0.25) is 0 Å². The van der Waals surface area contributed by atoms with Gasteiger partial charge in [0, 0.05) is 11.8 Å². The third kappa shape index (κ3) is 2.78. The zero-order valence-corrected chi connectivity index (χ0v) is 14.5. The standard InChI is InChI=1S/C20H21N3O2/c1-20(2,3)13-9-7-12(8-10-13)18(24)17-16(21)15(19(22)25)14-6-4-5-11-23(14)17/h4-11H,21H2,1-3H3,(H2,22,25). The zero-order chi connectivity index (χ0) is 18.4. The van der Waals surface area contributed by atoms with Crippen molar-refractivity contribution >= 4 is 22.9 Å². The second-order valence-electron chi connectivity index (χ2n) is 7.11. The average molecular weight is 335 g/mol. The Hall–Kier alpha value is -3.08. The van der Waals surface area contributed by atoms with E-state index in [1.54, 1.807) is 40.9 Å². The highest BCUT2D eigenvalue weighted by Crippen LogP contribution is 2.29. The van der Waals surface area contributed by atoms with Gasteiger partial charge in [-0.1, -0.05) is 51.1 Å². The maximum absolute atomic E-state index is 13.0. The van der Waals surface area contributed by atoms with Gasteiger partial charge in [-0.2, -0.15) is 0 Å². The number of ketones is 1. The summed E-state index contributed by atoms with van der Waals surface area (Å²) in [5, 5.41) is 0. The van der Waals surface area contributed by atoms with Gasteiger partial charge in [0.05, 0.1) is 16.8 Å². The van der Waals surface area contributed by atoms with Gasteiger partial charge in [-0.3, -0.25) is 9.59 Å². The van der Waals surface area contributed by atoms with Crippen LogP contribution in [-0.4, -0.2) is 16.1 Å². The zero-order valence-electron chi connectivity index (χ0n) is 14.5. The fraction of sp³-hybridized carbons (Fsp3) is 0.200. The predicted octanol–water partition coefficient (Wildman–Crippen LogP) is 3.15. The van der Waals surface area contributed by atoms with Crippen molar-refractivity contribution in [3.05, 3.63) is 71.0 Å². The van der Waals surface area contributed by atoms with Crippen LogP contribution in [0.5, 0.6) is 0 Å². The summed E-state index contributed by atoms with van der Waals surface area (Å²) in [4.78, 5) is 24.8. The van der Waals surface area contributed by atoms with Crippen LogP contribution in [-0.2, 0) is 5.41 Å². The molecule has 0 aliphatic heterocycles. The lowest BCUT2D eigenvalue weighted by Crippen LogP contribution is -2.14. The van der Waals surface area contributed by atoms with E-state index < -0.39 is 5.91 Å². The highest BCUT2D eigenvalue weighted by Gasteiger charge is 2.25. The fourth-order valence-corrected chi connectivity index (χ4v) is 2.98. The molecule has 0 aliphatic rings. The lowest BCUT2D eigenvalue weighted by atomic mass is 9.86. The molecule has 3 rings (SSSR count). The van der Waals surface area contributed by atoms with E-state index >= 15 is 0 Å². The first-order valence-electron chi connectivity index (χ1n) is 8.05. The van der Waals surface area contributed by atoms with E-state index in [1.807, 2.05) is 12.1 Å². The molecule has 0 saturated heterocycles. The van der Waals surface area contributed by atoms with Crippen molar-refractivity contribution in [3.8, 4) is 0 Å². The fourth-order valence-electron chi connectivity index (χ4n) is 2.98. The Morgan fingerprint density at radius 2 is 1.64 bits per heavy atom. The van der Waals surface area contributed by atoms with Crippen molar-refractivity contribution in [1.82, 2.24) is 4.40 Å². The maximum atomic E-state index is 13.0. The Bertz CT molecular complexity index is 977. The molecule has 1 amide bonds. The molecule has 128 valence electrons. The number of pyridine rings is 1. The van der Waals surface area contributed by atoms with Gasteiger partial charge < -0.3 is 15.9 Å². The number of nitrogens with two attached hydrogens (primary N) is 2. The van der Waals surface area contributed by atoms with Crippen molar-refractivity contribution < 1.29 is 9.59 Å². The molecule has 0 radical (unpaired) electrons.